The number of benzene rings is 2. The molecule has 0 radical (unpaired) electrons. The Balaban J connectivity index is 1.76. The first kappa shape index (κ1) is 21.8. The summed E-state index contributed by atoms with van der Waals surface area (Å²) in [6, 6.07) is 12.7. The Morgan fingerprint density at radius 1 is 0.933 bits per heavy atom. The minimum Gasteiger partial charge on any atom is -0.354 e. The van der Waals surface area contributed by atoms with Crippen LogP contribution in [0.2, 0.25) is 0 Å². The molecule has 2 amide bonds. The summed E-state index contributed by atoms with van der Waals surface area (Å²) in [7, 11) is 0. The SMILES string of the molecule is Cc1ccc(C(=O)c2ccccc2C(=O)N2CCC(C(=O)NC(C)C)CC2)cc1C. The van der Waals surface area contributed by atoms with Gasteiger partial charge in [-0.05, 0) is 63.8 Å². The van der Waals surface area contributed by atoms with E-state index in [1.54, 1.807) is 29.2 Å². The first-order valence-corrected chi connectivity index (χ1v) is 10.6. The van der Waals surface area contributed by atoms with Gasteiger partial charge >= 0.3 is 0 Å². The van der Waals surface area contributed by atoms with Crippen molar-refractivity contribution in [3.05, 3.63) is 70.3 Å². The zero-order valence-electron chi connectivity index (χ0n) is 18.2. The number of ketones is 1. The van der Waals surface area contributed by atoms with Gasteiger partial charge in [0.05, 0.1) is 5.56 Å². The average molecular weight is 407 g/mol. The molecule has 0 aromatic heterocycles. The molecule has 1 aliphatic rings. The molecule has 1 aliphatic heterocycles. The van der Waals surface area contributed by atoms with Crippen LogP contribution >= 0.6 is 0 Å². The van der Waals surface area contributed by atoms with Gasteiger partial charge in [0.2, 0.25) is 5.91 Å². The number of nitrogens with one attached hydrogen (secondary N) is 1. The van der Waals surface area contributed by atoms with Crippen molar-refractivity contribution in [3.63, 3.8) is 0 Å². The lowest BCUT2D eigenvalue weighted by molar-refractivity contribution is -0.126. The topological polar surface area (TPSA) is 66.5 Å². The fourth-order valence-electron chi connectivity index (χ4n) is 3.82. The molecule has 5 heteroatoms. The number of nitrogens with zero attached hydrogens (tertiary/aromatic N) is 1. The normalized spacial score (nSPS) is 14.6. The van der Waals surface area contributed by atoms with Crippen LogP contribution in [0.15, 0.2) is 42.5 Å². The highest BCUT2D eigenvalue weighted by Gasteiger charge is 2.29. The van der Waals surface area contributed by atoms with Crippen molar-refractivity contribution in [2.75, 3.05) is 13.1 Å². The van der Waals surface area contributed by atoms with Crippen molar-refractivity contribution in [2.24, 2.45) is 5.92 Å². The zero-order chi connectivity index (χ0) is 21.8. The Bertz CT molecular complexity index is 957. The van der Waals surface area contributed by atoms with E-state index in [1.807, 2.05) is 45.9 Å². The minimum atomic E-state index is -0.148. The van der Waals surface area contributed by atoms with Gasteiger partial charge in [-0.15, -0.1) is 0 Å². The predicted molar refractivity (Wildman–Crippen MR) is 118 cm³/mol. The molecule has 158 valence electrons. The Labute approximate surface area is 178 Å². The molecule has 2 aromatic rings. The molecular weight excluding hydrogens is 376 g/mol. The quantitative estimate of drug-likeness (QED) is 0.766. The molecule has 1 fully saturated rings. The number of rotatable bonds is 5. The van der Waals surface area contributed by atoms with Gasteiger partial charge in [-0.2, -0.15) is 0 Å². The van der Waals surface area contributed by atoms with E-state index in [1.165, 1.54) is 0 Å². The Morgan fingerprint density at radius 2 is 1.57 bits per heavy atom. The summed E-state index contributed by atoms with van der Waals surface area (Å²) < 4.78 is 0. The number of carbonyl (C=O) groups is 3. The number of amides is 2. The van der Waals surface area contributed by atoms with Crippen LogP contribution in [0.3, 0.4) is 0 Å². The largest absolute Gasteiger partial charge is 0.354 e. The van der Waals surface area contributed by atoms with Crippen LogP contribution in [0.1, 0.15) is 64.1 Å². The van der Waals surface area contributed by atoms with Crippen LogP contribution in [0, 0.1) is 19.8 Å². The lowest BCUT2D eigenvalue weighted by Gasteiger charge is -2.32. The smallest absolute Gasteiger partial charge is 0.254 e. The van der Waals surface area contributed by atoms with Crippen molar-refractivity contribution in [1.82, 2.24) is 10.2 Å². The number of carbonyl (C=O) groups excluding carboxylic acids is 3. The highest BCUT2D eigenvalue weighted by atomic mass is 16.2. The fourth-order valence-corrected chi connectivity index (χ4v) is 3.82. The standard InChI is InChI=1S/C25H30N2O3/c1-16(2)26-24(29)19-11-13-27(14-12-19)25(30)22-8-6-5-7-21(22)23(28)20-10-9-17(3)18(4)15-20/h5-10,15-16,19H,11-14H2,1-4H3,(H,26,29). The van der Waals surface area contributed by atoms with Crippen LogP contribution in [-0.2, 0) is 4.79 Å². The molecule has 0 bridgehead atoms. The maximum Gasteiger partial charge on any atom is 0.254 e. The van der Waals surface area contributed by atoms with Crippen molar-refractivity contribution in [3.8, 4) is 0 Å². The molecule has 2 aromatic carbocycles. The summed E-state index contributed by atoms with van der Waals surface area (Å²) in [4.78, 5) is 40.3. The summed E-state index contributed by atoms with van der Waals surface area (Å²) in [5.74, 6) is -0.301. The van der Waals surface area contributed by atoms with E-state index in [0.29, 0.717) is 42.6 Å². The number of piperidine rings is 1. The van der Waals surface area contributed by atoms with Crippen LogP contribution < -0.4 is 5.32 Å². The molecule has 0 unspecified atom stereocenters. The van der Waals surface area contributed by atoms with Crippen LogP contribution in [0.25, 0.3) is 0 Å². The second-order valence-corrected chi connectivity index (χ2v) is 8.40. The molecule has 0 spiro atoms. The molecule has 1 heterocycles. The van der Waals surface area contributed by atoms with Gasteiger partial charge in [-0.25, -0.2) is 0 Å². The molecule has 5 nitrogen and oxygen atoms in total. The summed E-state index contributed by atoms with van der Waals surface area (Å²) in [5, 5.41) is 2.95. The van der Waals surface area contributed by atoms with E-state index in [-0.39, 0.29) is 29.6 Å². The van der Waals surface area contributed by atoms with Gasteiger partial charge in [0, 0.05) is 36.2 Å². The molecular formula is C25H30N2O3. The Kier molecular flexibility index (Phi) is 6.70. The second-order valence-electron chi connectivity index (χ2n) is 8.40. The van der Waals surface area contributed by atoms with Gasteiger partial charge in [-0.3, -0.25) is 14.4 Å². The summed E-state index contributed by atoms with van der Waals surface area (Å²) in [6.45, 7) is 8.90. The summed E-state index contributed by atoms with van der Waals surface area (Å²) >= 11 is 0. The zero-order valence-corrected chi connectivity index (χ0v) is 18.2. The third-order valence-corrected chi connectivity index (χ3v) is 5.76. The van der Waals surface area contributed by atoms with E-state index in [4.69, 9.17) is 0 Å². The van der Waals surface area contributed by atoms with E-state index >= 15 is 0 Å². The van der Waals surface area contributed by atoms with Crippen LogP contribution in [-0.4, -0.2) is 41.6 Å². The van der Waals surface area contributed by atoms with Gasteiger partial charge in [0.25, 0.3) is 5.91 Å². The van der Waals surface area contributed by atoms with Crippen molar-refractivity contribution < 1.29 is 14.4 Å². The third-order valence-electron chi connectivity index (χ3n) is 5.76. The average Bonchev–Trinajstić information content (AvgIpc) is 2.74. The first-order valence-electron chi connectivity index (χ1n) is 10.6. The number of aryl methyl sites for hydroxylation is 2. The maximum absolute atomic E-state index is 13.2. The second kappa shape index (κ2) is 9.24. The number of hydrogen-bond donors (Lipinski definition) is 1. The third kappa shape index (κ3) is 4.78. The molecule has 3 rings (SSSR count). The van der Waals surface area contributed by atoms with Gasteiger partial charge in [0.15, 0.2) is 5.78 Å². The lowest BCUT2D eigenvalue weighted by atomic mass is 9.93. The molecule has 0 saturated carbocycles. The summed E-state index contributed by atoms with van der Waals surface area (Å²) in [6.07, 6.45) is 1.27. The van der Waals surface area contributed by atoms with Gasteiger partial charge in [-0.1, -0.05) is 30.3 Å². The number of likely N-dealkylation sites (tertiary alicyclic amines) is 1. The molecule has 1 N–H and O–H groups in total. The monoisotopic (exact) mass is 406 g/mol. The van der Waals surface area contributed by atoms with Gasteiger partial charge in [0.1, 0.15) is 0 Å². The highest BCUT2D eigenvalue weighted by molar-refractivity contribution is 6.15. The molecule has 1 saturated heterocycles. The predicted octanol–water partition coefficient (Wildman–Crippen LogP) is 3.91. The Morgan fingerprint density at radius 3 is 2.17 bits per heavy atom. The maximum atomic E-state index is 13.2. The fraction of sp³-hybridized carbons (Fsp3) is 0.400. The first-order chi connectivity index (χ1) is 14.3. The van der Waals surface area contributed by atoms with E-state index < -0.39 is 0 Å². The molecule has 0 atom stereocenters. The van der Waals surface area contributed by atoms with Crippen LogP contribution in [0.5, 0.6) is 0 Å². The van der Waals surface area contributed by atoms with Crippen molar-refractivity contribution in [1.29, 1.82) is 0 Å². The highest BCUT2D eigenvalue weighted by Crippen LogP contribution is 2.23. The summed E-state index contributed by atoms with van der Waals surface area (Å²) in [5.41, 5.74) is 3.60. The van der Waals surface area contributed by atoms with E-state index in [2.05, 4.69) is 5.32 Å². The molecule has 0 aliphatic carbocycles. The Hall–Kier alpha value is -2.95. The van der Waals surface area contributed by atoms with Gasteiger partial charge < -0.3 is 10.2 Å². The van der Waals surface area contributed by atoms with E-state index in [9.17, 15) is 14.4 Å². The number of hydrogen-bond acceptors (Lipinski definition) is 3. The van der Waals surface area contributed by atoms with Crippen molar-refractivity contribution in [2.45, 2.75) is 46.6 Å². The van der Waals surface area contributed by atoms with Crippen molar-refractivity contribution >= 4 is 17.6 Å². The minimum absolute atomic E-state index is 0.0578. The lowest BCUT2D eigenvalue weighted by Crippen LogP contribution is -2.44. The molecule has 30 heavy (non-hydrogen) atoms. The van der Waals surface area contributed by atoms with E-state index in [0.717, 1.165) is 11.1 Å². The van der Waals surface area contributed by atoms with Crippen LogP contribution in [0.4, 0.5) is 0 Å².